The summed E-state index contributed by atoms with van der Waals surface area (Å²) in [5.41, 5.74) is -1.27. The van der Waals surface area contributed by atoms with Gasteiger partial charge in [-0.25, -0.2) is 0 Å². The fourth-order valence-corrected chi connectivity index (χ4v) is 1.75. The quantitative estimate of drug-likeness (QED) is 0.513. The molecule has 0 aromatic carbocycles. The molecule has 3 nitrogen and oxygen atoms in total. The molecule has 0 amide bonds. The van der Waals surface area contributed by atoms with Crippen LogP contribution in [0.25, 0.3) is 0 Å². The van der Waals surface area contributed by atoms with Crippen LogP contribution in [0.15, 0.2) is 0 Å². The smallest absolute Gasteiger partial charge is 0.318 e. The zero-order chi connectivity index (χ0) is 9.90. The van der Waals surface area contributed by atoms with Crippen LogP contribution in [-0.2, 0) is 9.59 Å². The lowest BCUT2D eigenvalue weighted by Crippen LogP contribution is -2.41. The average Bonchev–Trinajstić information content (AvgIpc) is 2.09. The van der Waals surface area contributed by atoms with Crippen LogP contribution in [0.5, 0.6) is 0 Å². The van der Waals surface area contributed by atoms with Crippen LogP contribution in [0.2, 0.25) is 0 Å². The van der Waals surface area contributed by atoms with E-state index in [4.69, 9.17) is 11.5 Å². The summed E-state index contributed by atoms with van der Waals surface area (Å²) in [5.74, 6) is 1.02. The Morgan fingerprint density at radius 2 is 2.31 bits per heavy atom. The maximum atomic E-state index is 11.5. The summed E-state index contributed by atoms with van der Waals surface area (Å²) in [6.45, 7) is 0. The number of ketones is 1. The summed E-state index contributed by atoms with van der Waals surface area (Å²) in [7, 11) is 0. The molecular weight excluding hydrogens is 168 g/mol. The normalized spacial score (nSPS) is 28.1. The highest BCUT2D eigenvalue weighted by atomic mass is 16.4. The fraction of sp³-hybridized carbons (Fsp3) is 0.600. The Labute approximate surface area is 77.1 Å². The number of carbonyl (C=O) groups excluding carboxylic acids is 1. The lowest BCUT2D eigenvalue weighted by atomic mass is 9.71. The average molecular weight is 180 g/mol. The van der Waals surface area contributed by atoms with Crippen molar-refractivity contribution in [1.29, 1.82) is 0 Å². The molecule has 1 fully saturated rings. The first-order valence-corrected chi connectivity index (χ1v) is 4.33. The maximum absolute atomic E-state index is 11.5. The molecule has 1 aliphatic rings. The lowest BCUT2D eigenvalue weighted by molar-refractivity contribution is -0.156. The first kappa shape index (κ1) is 9.79. The fourth-order valence-electron chi connectivity index (χ4n) is 1.75. The van der Waals surface area contributed by atoms with E-state index in [1.165, 1.54) is 0 Å². The molecule has 1 aliphatic carbocycles. The Hall–Kier alpha value is -1.30. The van der Waals surface area contributed by atoms with Gasteiger partial charge in [-0.1, -0.05) is 6.42 Å². The van der Waals surface area contributed by atoms with Crippen molar-refractivity contribution in [3.8, 4) is 12.3 Å². The van der Waals surface area contributed by atoms with E-state index in [-0.39, 0.29) is 12.2 Å². The predicted octanol–water partition coefficient (Wildman–Crippen LogP) is 1.22. The van der Waals surface area contributed by atoms with Crippen LogP contribution >= 0.6 is 0 Å². The Morgan fingerprint density at radius 3 is 2.77 bits per heavy atom. The molecule has 0 aromatic rings. The van der Waals surface area contributed by atoms with Gasteiger partial charge in [0, 0.05) is 12.8 Å². The molecule has 1 atom stereocenters. The number of carboxylic acid groups (broad SMARTS) is 1. The molecule has 0 bridgehead atoms. The SMILES string of the molecule is C#CCC1(C(=O)O)CCCCC1=O. The second-order valence-corrected chi connectivity index (χ2v) is 3.40. The van der Waals surface area contributed by atoms with Crippen LogP contribution in [0.3, 0.4) is 0 Å². The van der Waals surface area contributed by atoms with Gasteiger partial charge in [-0.15, -0.1) is 12.3 Å². The van der Waals surface area contributed by atoms with Gasteiger partial charge >= 0.3 is 5.97 Å². The Balaban J connectivity index is 2.94. The largest absolute Gasteiger partial charge is 0.480 e. The highest BCUT2D eigenvalue weighted by Crippen LogP contribution is 2.36. The zero-order valence-electron chi connectivity index (χ0n) is 7.38. The summed E-state index contributed by atoms with van der Waals surface area (Å²) in [5, 5.41) is 8.97. The predicted molar refractivity (Wildman–Crippen MR) is 47.0 cm³/mol. The van der Waals surface area contributed by atoms with Gasteiger partial charge in [0.1, 0.15) is 5.41 Å². The van der Waals surface area contributed by atoms with Gasteiger partial charge < -0.3 is 5.11 Å². The minimum Gasteiger partial charge on any atom is -0.480 e. The number of hydrogen-bond acceptors (Lipinski definition) is 2. The number of hydrogen-bond donors (Lipinski definition) is 1. The van der Waals surface area contributed by atoms with Crippen LogP contribution in [0, 0.1) is 17.8 Å². The van der Waals surface area contributed by atoms with Crippen molar-refractivity contribution in [2.75, 3.05) is 0 Å². The molecule has 0 aliphatic heterocycles. The first-order valence-electron chi connectivity index (χ1n) is 4.33. The second-order valence-electron chi connectivity index (χ2n) is 3.40. The summed E-state index contributed by atoms with van der Waals surface area (Å²) in [6, 6.07) is 0. The molecule has 1 rings (SSSR count). The topological polar surface area (TPSA) is 54.4 Å². The summed E-state index contributed by atoms with van der Waals surface area (Å²) in [6.07, 6.45) is 7.42. The number of carboxylic acids is 1. The monoisotopic (exact) mass is 180 g/mol. The number of aliphatic carboxylic acids is 1. The van der Waals surface area contributed by atoms with Crippen molar-refractivity contribution < 1.29 is 14.7 Å². The number of Topliss-reactive ketones (excluding diaryl/α,β-unsaturated/α-hetero) is 1. The maximum Gasteiger partial charge on any atom is 0.318 e. The molecule has 70 valence electrons. The molecule has 1 N–H and O–H groups in total. The van der Waals surface area contributed by atoms with E-state index >= 15 is 0 Å². The van der Waals surface area contributed by atoms with E-state index in [1.807, 2.05) is 0 Å². The summed E-state index contributed by atoms with van der Waals surface area (Å²) < 4.78 is 0. The Morgan fingerprint density at radius 1 is 1.62 bits per heavy atom. The third-order valence-electron chi connectivity index (χ3n) is 2.60. The van der Waals surface area contributed by atoms with Crippen molar-refractivity contribution in [2.45, 2.75) is 32.1 Å². The van der Waals surface area contributed by atoms with E-state index in [0.717, 1.165) is 12.8 Å². The number of rotatable bonds is 2. The zero-order valence-corrected chi connectivity index (χ0v) is 7.38. The van der Waals surface area contributed by atoms with Crippen molar-refractivity contribution in [3.05, 3.63) is 0 Å². The van der Waals surface area contributed by atoms with Crippen molar-refractivity contribution in [2.24, 2.45) is 5.41 Å². The van der Waals surface area contributed by atoms with Gasteiger partial charge in [0.2, 0.25) is 0 Å². The molecule has 13 heavy (non-hydrogen) atoms. The van der Waals surface area contributed by atoms with Gasteiger partial charge in [-0.3, -0.25) is 9.59 Å². The van der Waals surface area contributed by atoms with Gasteiger partial charge in [-0.2, -0.15) is 0 Å². The Bertz CT molecular complexity index is 274. The number of carbonyl (C=O) groups is 2. The Kier molecular flexibility index (Phi) is 2.72. The molecule has 0 saturated heterocycles. The molecule has 0 heterocycles. The van der Waals surface area contributed by atoms with Gasteiger partial charge in [0.25, 0.3) is 0 Å². The lowest BCUT2D eigenvalue weighted by Gasteiger charge is -2.29. The van der Waals surface area contributed by atoms with Gasteiger partial charge in [-0.05, 0) is 12.8 Å². The van der Waals surface area contributed by atoms with E-state index in [9.17, 15) is 9.59 Å². The summed E-state index contributed by atoms with van der Waals surface area (Å²) in [4.78, 5) is 22.4. The van der Waals surface area contributed by atoms with Gasteiger partial charge in [0.05, 0.1) is 0 Å². The van der Waals surface area contributed by atoms with Crippen LogP contribution in [0.4, 0.5) is 0 Å². The second kappa shape index (κ2) is 3.61. The van der Waals surface area contributed by atoms with Crippen molar-refractivity contribution in [3.63, 3.8) is 0 Å². The van der Waals surface area contributed by atoms with Gasteiger partial charge in [0.15, 0.2) is 5.78 Å². The standard InChI is InChI=1S/C10H12O3/c1-2-6-10(9(12)13)7-4-3-5-8(10)11/h1H,3-7H2,(H,12,13). The molecule has 0 aromatic heterocycles. The molecular formula is C10H12O3. The third-order valence-corrected chi connectivity index (χ3v) is 2.60. The van der Waals surface area contributed by atoms with Crippen LogP contribution in [0.1, 0.15) is 32.1 Å². The molecule has 1 unspecified atom stereocenters. The number of terminal acetylenes is 1. The highest BCUT2D eigenvalue weighted by Gasteiger charge is 2.46. The molecule has 1 saturated carbocycles. The van der Waals surface area contributed by atoms with E-state index in [2.05, 4.69) is 5.92 Å². The van der Waals surface area contributed by atoms with Crippen molar-refractivity contribution in [1.82, 2.24) is 0 Å². The van der Waals surface area contributed by atoms with Crippen LogP contribution in [-0.4, -0.2) is 16.9 Å². The molecule has 0 radical (unpaired) electrons. The third kappa shape index (κ3) is 1.57. The van der Waals surface area contributed by atoms with E-state index < -0.39 is 11.4 Å². The van der Waals surface area contributed by atoms with Crippen LogP contribution < -0.4 is 0 Å². The molecule has 3 heteroatoms. The first-order chi connectivity index (χ1) is 6.13. The molecule has 0 spiro atoms. The van der Waals surface area contributed by atoms with E-state index in [0.29, 0.717) is 12.8 Å². The van der Waals surface area contributed by atoms with E-state index in [1.54, 1.807) is 0 Å². The minimum absolute atomic E-state index is 0.0289. The summed E-state index contributed by atoms with van der Waals surface area (Å²) >= 11 is 0. The van der Waals surface area contributed by atoms with Crippen molar-refractivity contribution >= 4 is 11.8 Å². The highest BCUT2D eigenvalue weighted by molar-refractivity contribution is 6.03. The minimum atomic E-state index is -1.27.